The summed E-state index contributed by atoms with van der Waals surface area (Å²) < 4.78 is 0. The molecule has 0 fully saturated rings. The highest BCUT2D eigenvalue weighted by molar-refractivity contribution is 8.00. The van der Waals surface area contributed by atoms with E-state index >= 15 is 0 Å². The zero-order valence-electron chi connectivity index (χ0n) is 15.7. The van der Waals surface area contributed by atoms with Crippen molar-refractivity contribution >= 4 is 46.7 Å². The first-order valence-corrected chi connectivity index (χ1v) is 11.3. The standard InChI is InChI=1S/C19H24ClN3O2S2/c1-4-9-26-11-13-10-17(24)23-19(21-13)27-16(5-2)18(25)22-15-8-6-7-14(20)12(15)3/h6-8,10,16H,4-5,9,11H2,1-3H3,(H,22,25)(H,21,23,24). The van der Waals surface area contributed by atoms with Crippen LogP contribution in [-0.4, -0.2) is 26.9 Å². The number of anilines is 1. The fourth-order valence-corrected chi connectivity index (χ4v) is 4.24. The summed E-state index contributed by atoms with van der Waals surface area (Å²) in [5.74, 6) is 1.58. The van der Waals surface area contributed by atoms with Crippen molar-refractivity contribution < 1.29 is 4.79 Å². The molecule has 1 unspecified atom stereocenters. The number of halogens is 1. The smallest absolute Gasteiger partial charge is 0.251 e. The lowest BCUT2D eigenvalue weighted by Crippen LogP contribution is -2.25. The number of aromatic nitrogens is 2. The number of hydrogen-bond acceptors (Lipinski definition) is 5. The number of benzene rings is 1. The lowest BCUT2D eigenvalue weighted by molar-refractivity contribution is -0.115. The number of aromatic amines is 1. The lowest BCUT2D eigenvalue weighted by atomic mass is 10.2. The van der Waals surface area contributed by atoms with Crippen LogP contribution in [0.2, 0.25) is 5.02 Å². The van der Waals surface area contributed by atoms with Gasteiger partial charge in [0, 0.05) is 22.5 Å². The first-order chi connectivity index (χ1) is 12.9. The van der Waals surface area contributed by atoms with E-state index in [0.717, 1.165) is 23.4 Å². The van der Waals surface area contributed by atoms with Crippen molar-refractivity contribution in [3.8, 4) is 0 Å². The van der Waals surface area contributed by atoms with Crippen LogP contribution in [0.3, 0.4) is 0 Å². The van der Waals surface area contributed by atoms with Crippen molar-refractivity contribution in [2.45, 2.75) is 49.8 Å². The molecule has 2 aromatic rings. The van der Waals surface area contributed by atoms with Gasteiger partial charge in [-0.05, 0) is 43.2 Å². The first-order valence-electron chi connectivity index (χ1n) is 8.85. The number of rotatable bonds is 9. The summed E-state index contributed by atoms with van der Waals surface area (Å²) in [6.07, 6.45) is 1.69. The average Bonchev–Trinajstić information content (AvgIpc) is 2.63. The molecule has 5 nitrogen and oxygen atoms in total. The van der Waals surface area contributed by atoms with E-state index in [9.17, 15) is 9.59 Å². The summed E-state index contributed by atoms with van der Waals surface area (Å²) in [6, 6.07) is 6.93. The molecule has 1 atom stereocenters. The normalized spacial score (nSPS) is 12.0. The third-order valence-electron chi connectivity index (χ3n) is 3.81. The highest BCUT2D eigenvalue weighted by Gasteiger charge is 2.20. The molecule has 0 aliphatic heterocycles. The van der Waals surface area contributed by atoms with Gasteiger partial charge in [0.1, 0.15) is 0 Å². The Morgan fingerprint density at radius 1 is 1.37 bits per heavy atom. The van der Waals surface area contributed by atoms with Crippen LogP contribution in [-0.2, 0) is 10.5 Å². The minimum atomic E-state index is -0.370. The van der Waals surface area contributed by atoms with Gasteiger partial charge >= 0.3 is 0 Å². The molecule has 0 aliphatic rings. The van der Waals surface area contributed by atoms with Gasteiger partial charge in [0.15, 0.2) is 5.16 Å². The van der Waals surface area contributed by atoms with Crippen molar-refractivity contribution in [1.82, 2.24) is 9.97 Å². The van der Waals surface area contributed by atoms with Crippen LogP contribution in [0.5, 0.6) is 0 Å². The molecule has 1 aromatic heterocycles. The molecule has 2 rings (SSSR count). The van der Waals surface area contributed by atoms with Crippen LogP contribution >= 0.6 is 35.1 Å². The largest absolute Gasteiger partial charge is 0.325 e. The Hall–Kier alpha value is -1.44. The van der Waals surface area contributed by atoms with Gasteiger partial charge in [-0.1, -0.05) is 43.3 Å². The van der Waals surface area contributed by atoms with E-state index in [1.165, 1.54) is 17.8 Å². The van der Waals surface area contributed by atoms with E-state index in [1.54, 1.807) is 23.9 Å². The Labute approximate surface area is 173 Å². The van der Waals surface area contributed by atoms with Gasteiger partial charge in [-0.2, -0.15) is 11.8 Å². The zero-order valence-corrected chi connectivity index (χ0v) is 18.1. The van der Waals surface area contributed by atoms with Gasteiger partial charge in [0.05, 0.1) is 10.9 Å². The third-order valence-corrected chi connectivity index (χ3v) is 6.67. The highest BCUT2D eigenvalue weighted by Crippen LogP contribution is 2.26. The molecule has 146 valence electrons. The molecule has 0 spiro atoms. The fraction of sp³-hybridized carbons (Fsp3) is 0.421. The summed E-state index contributed by atoms with van der Waals surface area (Å²) in [4.78, 5) is 31.8. The minimum absolute atomic E-state index is 0.138. The van der Waals surface area contributed by atoms with Crippen LogP contribution in [0.15, 0.2) is 34.2 Å². The van der Waals surface area contributed by atoms with Crippen molar-refractivity contribution in [3.05, 3.63) is 50.9 Å². The number of thioether (sulfide) groups is 2. The summed E-state index contributed by atoms with van der Waals surface area (Å²) in [5.41, 5.74) is 2.06. The second-order valence-electron chi connectivity index (χ2n) is 6.01. The SMILES string of the molecule is CCCSCc1cc(=O)[nH]c(SC(CC)C(=O)Nc2cccc(Cl)c2C)n1. The number of carbonyl (C=O) groups excluding carboxylic acids is 1. The number of amides is 1. The van der Waals surface area contributed by atoms with E-state index in [0.29, 0.717) is 28.0 Å². The number of H-pyrrole nitrogens is 1. The molecule has 0 saturated carbocycles. The summed E-state index contributed by atoms with van der Waals surface area (Å²) >= 11 is 9.14. The lowest BCUT2D eigenvalue weighted by Gasteiger charge is -2.16. The van der Waals surface area contributed by atoms with E-state index in [1.807, 2.05) is 19.9 Å². The molecule has 8 heteroatoms. The molecule has 0 bridgehead atoms. The predicted octanol–water partition coefficient (Wildman–Crippen LogP) is 4.88. The van der Waals surface area contributed by atoms with Gasteiger partial charge in [-0.25, -0.2) is 4.98 Å². The Balaban J connectivity index is 2.10. The average molecular weight is 426 g/mol. The number of nitrogens with one attached hydrogen (secondary N) is 2. The van der Waals surface area contributed by atoms with Crippen LogP contribution in [0.25, 0.3) is 0 Å². The molecule has 0 saturated heterocycles. The van der Waals surface area contributed by atoms with E-state index in [-0.39, 0.29) is 16.7 Å². The maximum absolute atomic E-state index is 12.7. The summed E-state index contributed by atoms with van der Waals surface area (Å²) in [6.45, 7) is 5.91. The van der Waals surface area contributed by atoms with Gasteiger partial charge in [0.2, 0.25) is 5.91 Å². The quantitative estimate of drug-likeness (QED) is 0.340. The first kappa shape index (κ1) is 21.9. The highest BCUT2D eigenvalue weighted by atomic mass is 35.5. The summed E-state index contributed by atoms with van der Waals surface area (Å²) in [5, 5.41) is 3.63. The fourth-order valence-electron chi connectivity index (χ4n) is 2.35. The molecule has 1 amide bonds. The molecule has 0 aliphatic carbocycles. The summed E-state index contributed by atoms with van der Waals surface area (Å²) in [7, 11) is 0. The van der Waals surface area contributed by atoms with Crippen molar-refractivity contribution in [2.75, 3.05) is 11.1 Å². The van der Waals surface area contributed by atoms with E-state index < -0.39 is 0 Å². The Morgan fingerprint density at radius 3 is 2.85 bits per heavy atom. The van der Waals surface area contributed by atoms with Crippen LogP contribution in [0.4, 0.5) is 5.69 Å². The number of hydrogen-bond donors (Lipinski definition) is 2. The third kappa shape index (κ3) is 6.59. The van der Waals surface area contributed by atoms with E-state index in [2.05, 4.69) is 22.2 Å². The molecule has 0 radical (unpaired) electrons. The Bertz CT molecular complexity index is 842. The molecular weight excluding hydrogens is 402 g/mol. The molecular formula is C19H24ClN3O2S2. The van der Waals surface area contributed by atoms with Gasteiger partial charge < -0.3 is 10.3 Å². The minimum Gasteiger partial charge on any atom is -0.325 e. The van der Waals surface area contributed by atoms with Gasteiger partial charge in [-0.3, -0.25) is 9.59 Å². The van der Waals surface area contributed by atoms with Crippen molar-refractivity contribution in [1.29, 1.82) is 0 Å². The van der Waals surface area contributed by atoms with Crippen molar-refractivity contribution in [3.63, 3.8) is 0 Å². The molecule has 27 heavy (non-hydrogen) atoms. The zero-order chi connectivity index (χ0) is 19.8. The maximum Gasteiger partial charge on any atom is 0.251 e. The Morgan fingerprint density at radius 2 is 2.15 bits per heavy atom. The number of carbonyl (C=O) groups is 1. The van der Waals surface area contributed by atoms with Crippen LogP contribution < -0.4 is 10.9 Å². The molecule has 2 N–H and O–H groups in total. The number of nitrogens with zero attached hydrogens (tertiary/aromatic N) is 1. The van der Waals surface area contributed by atoms with Gasteiger partial charge in [0.25, 0.3) is 5.56 Å². The van der Waals surface area contributed by atoms with E-state index in [4.69, 9.17) is 11.6 Å². The second-order valence-corrected chi connectivity index (χ2v) is 8.71. The van der Waals surface area contributed by atoms with Gasteiger partial charge in [-0.15, -0.1) is 0 Å². The second kappa shape index (κ2) is 10.8. The Kier molecular flexibility index (Phi) is 8.73. The molecule has 1 aromatic carbocycles. The monoisotopic (exact) mass is 425 g/mol. The maximum atomic E-state index is 12.7. The topological polar surface area (TPSA) is 74.8 Å². The van der Waals surface area contributed by atoms with Crippen LogP contribution in [0, 0.1) is 6.92 Å². The van der Waals surface area contributed by atoms with Crippen molar-refractivity contribution in [2.24, 2.45) is 0 Å². The molecule has 1 heterocycles. The van der Waals surface area contributed by atoms with Crippen LogP contribution in [0.1, 0.15) is 37.9 Å². The predicted molar refractivity (Wildman–Crippen MR) is 116 cm³/mol.